The van der Waals surface area contributed by atoms with Crippen LogP contribution >= 0.6 is 0 Å². The molecule has 8 heteroatoms. The number of carboxylic acid groups (broad SMARTS) is 1. The number of hydrogen-bond donors (Lipinski definition) is 1. The number of fused-ring (bicyclic) bond motifs is 7. The van der Waals surface area contributed by atoms with E-state index in [0.717, 1.165) is 77.3 Å². The Hall–Kier alpha value is -2.22. The number of likely N-dealkylation sites (N-methyl/N-ethyl adjacent to an activating group) is 1. The molecule has 0 aromatic carbocycles. The van der Waals surface area contributed by atoms with Crippen molar-refractivity contribution >= 4 is 23.6 Å². The summed E-state index contributed by atoms with van der Waals surface area (Å²) in [4.78, 5) is 57.5. The number of ketones is 1. The molecule has 4 saturated carbocycles. The van der Waals surface area contributed by atoms with Gasteiger partial charge in [-0.2, -0.15) is 0 Å². The van der Waals surface area contributed by atoms with Gasteiger partial charge in [-0.15, -0.1) is 0 Å². The summed E-state index contributed by atoms with van der Waals surface area (Å²) in [5.41, 5.74) is 0.994. The highest BCUT2D eigenvalue weighted by Crippen LogP contribution is 2.77. The predicted molar refractivity (Wildman–Crippen MR) is 194 cm³/mol. The Balaban J connectivity index is 1.28. The molecule has 1 saturated heterocycles. The summed E-state index contributed by atoms with van der Waals surface area (Å²) < 4.78 is 6.16. The fraction of sp³-hybridized carbons (Fsp3) is 0.857. The third-order valence-corrected chi connectivity index (χ3v) is 16.5. The molecule has 5 aliphatic carbocycles. The van der Waals surface area contributed by atoms with Gasteiger partial charge in [-0.1, -0.05) is 59.6 Å². The fourth-order valence-corrected chi connectivity index (χ4v) is 13.2. The number of carboxylic acids is 1. The van der Waals surface area contributed by atoms with Gasteiger partial charge in [0.1, 0.15) is 6.10 Å². The Kier molecular flexibility index (Phi) is 9.34. The van der Waals surface area contributed by atoms with Crippen LogP contribution in [-0.4, -0.2) is 77.9 Å². The standard InChI is InChI=1S/C42H66N2O6/c1-26(2)27-13-18-42(34(46)35(47)44-23-21-43(10)22-24-44)20-19-40(8)28(33(27)42)11-12-30-39(7)16-15-31(50-32(45)25-37(3,4)36(48)49)38(5,6)29(39)14-17-41(30,40)9/h26,28-31H,11-25H2,1-10H3,(H,48,49)/t28-,29+,30-,31+,39+,40-,41-,42+/m1/s1. The molecule has 8 atom stereocenters. The second-order valence-electron chi connectivity index (χ2n) is 19.9. The molecule has 6 rings (SSSR count). The molecule has 0 aromatic rings. The van der Waals surface area contributed by atoms with Gasteiger partial charge in [0.05, 0.1) is 17.3 Å². The molecule has 0 unspecified atom stereocenters. The highest BCUT2D eigenvalue weighted by atomic mass is 16.5. The van der Waals surface area contributed by atoms with Gasteiger partial charge >= 0.3 is 11.9 Å². The molecule has 280 valence electrons. The SMILES string of the molecule is CC(C)C1=C2[C@H]3CC[C@@H]4[C@@]5(C)CC[C@H](OC(=O)CC(C)(C)C(=O)O)C(C)(C)[C@@H]5CC[C@@]4(C)[C@]3(C)CC[C@@]2(C(=O)C(=O)N2CCN(C)CC2)CC1. The summed E-state index contributed by atoms with van der Waals surface area (Å²) >= 11 is 0. The van der Waals surface area contributed by atoms with Crippen LogP contribution in [0.25, 0.3) is 0 Å². The minimum Gasteiger partial charge on any atom is -0.481 e. The smallest absolute Gasteiger partial charge is 0.309 e. The number of hydrogen-bond acceptors (Lipinski definition) is 6. The van der Waals surface area contributed by atoms with E-state index < -0.39 is 22.8 Å². The zero-order chi connectivity index (χ0) is 36.8. The van der Waals surface area contributed by atoms with Crippen molar-refractivity contribution in [3.8, 4) is 0 Å². The normalized spacial score (nSPS) is 40.0. The van der Waals surface area contributed by atoms with E-state index in [9.17, 15) is 24.3 Å². The lowest BCUT2D eigenvalue weighted by Crippen LogP contribution is -2.66. The Morgan fingerprint density at radius 3 is 2.12 bits per heavy atom. The quantitative estimate of drug-likeness (QED) is 0.167. The minimum absolute atomic E-state index is 0.0280. The number of amides is 1. The van der Waals surface area contributed by atoms with Crippen LogP contribution in [-0.2, 0) is 23.9 Å². The van der Waals surface area contributed by atoms with Gasteiger partial charge < -0.3 is 19.6 Å². The van der Waals surface area contributed by atoms with Gasteiger partial charge in [-0.05, 0) is 125 Å². The number of piperazine rings is 1. The molecule has 1 aliphatic heterocycles. The summed E-state index contributed by atoms with van der Waals surface area (Å²) in [6, 6.07) is 0. The van der Waals surface area contributed by atoms with Gasteiger partial charge in [0.15, 0.2) is 0 Å². The van der Waals surface area contributed by atoms with Crippen molar-refractivity contribution in [3.63, 3.8) is 0 Å². The number of ether oxygens (including phenoxy) is 1. The first-order valence-corrected chi connectivity index (χ1v) is 19.8. The van der Waals surface area contributed by atoms with E-state index in [-0.39, 0.29) is 45.9 Å². The number of aliphatic carboxylic acids is 1. The third-order valence-electron chi connectivity index (χ3n) is 16.5. The van der Waals surface area contributed by atoms with E-state index in [1.165, 1.54) is 11.1 Å². The number of carbonyl (C=O) groups excluding carboxylic acids is 3. The third kappa shape index (κ3) is 5.45. The van der Waals surface area contributed by atoms with Crippen LogP contribution in [0.5, 0.6) is 0 Å². The molecule has 5 fully saturated rings. The van der Waals surface area contributed by atoms with Crippen molar-refractivity contribution in [2.24, 2.45) is 56.2 Å². The van der Waals surface area contributed by atoms with Gasteiger partial charge in [-0.25, -0.2) is 0 Å². The molecular formula is C42H66N2O6. The lowest BCUT2D eigenvalue weighted by Gasteiger charge is -2.72. The predicted octanol–water partition coefficient (Wildman–Crippen LogP) is 7.54. The Labute approximate surface area is 301 Å². The van der Waals surface area contributed by atoms with Crippen molar-refractivity contribution in [3.05, 3.63) is 11.1 Å². The zero-order valence-corrected chi connectivity index (χ0v) is 32.9. The number of rotatable bonds is 7. The first-order chi connectivity index (χ1) is 23.2. The Bertz CT molecular complexity index is 1460. The molecule has 0 spiro atoms. The second kappa shape index (κ2) is 12.4. The first-order valence-electron chi connectivity index (χ1n) is 19.8. The molecule has 0 radical (unpaired) electrons. The Morgan fingerprint density at radius 1 is 0.840 bits per heavy atom. The maximum atomic E-state index is 14.6. The van der Waals surface area contributed by atoms with Crippen LogP contribution < -0.4 is 0 Å². The van der Waals surface area contributed by atoms with Crippen molar-refractivity contribution < 1.29 is 29.0 Å². The van der Waals surface area contributed by atoms with Crippen LogP contribution in [0.4, 0.5) is 0 Å². The van der Waals surface area contributed by atoms with Crippen LogP contribution in [0.15, 0.2) is 11.1 Å². The molecule has 1 N–H and O–H groups in total. The van der Waals surface area contributed by atoms with Crippen LogP contribution in [0.3, 0.4) is 0 Å². The van der Waals surface area contributed by atoms with Crippen LogP contribution in [0.1, 0.15) is 133 Å². The lowest BCUT2D eigenvalue weighted by molar-refractivity contribution is -0.233. The van der Waals surface area contributed by atoms with Crippen molar-refractivity contribution in [2.45, 2.75) is 139 Å². The topological polar surface area (TPSA) is 104 Å². The van der Waals surface area contributed by atoms with E-state index in [2.05, 4.69) is 60.4 Å². The molecular weight excluding hydrogens is 628 g/mol. The average Bonchev–Trinajstić information content (AvgIpc) is 3.43. The molecule has 1 heterocycles. The molecule has 0 aromatic heterocycles. The fourth-order valence-electron chi connectivity index (χ4n) is 13.2. The zero-order valence-electron chi connectivity index (χ0n) is 32.9. The number of carbonyl (C=O) groups is 4. The number of Topliss-reactive ketones (excluding diaryl/α,β-unsaturated/α-hetero) is 1. The summed E-state index contributed by atoms with van der Waals surface area (Å²) in [7, 11) is 2.08. The first kappa shape index (κ1) is 37.5. The maximum absolute atomic E-state index is 14.6. The summed E-state index contributed by atoms with van der Waals surface area (Å²) in [5, 5.41) is 9.60. The molecule has 8 nitrogen and oxygen atoms in total. The van der Waals surface area contributed by atoms with Crippen LogP contribution in [0, 0.1) is 56.2 Å². The molecule has 50 heavy (non-hydrogen) atoms. The number of nitrogens with zero attached hydrogens (tertiary/aromatic N) is 2. The van der Waals surface area contributed by atoms with Crippen molar-refractivity contribution in [2.75, 3.05) is 33.2 Å². The molecule has 6 aliphatic rings. The van der Waals surface area contributed by atoms with Gasteiger partial charge in [-0.3, -0.25) is 19.2 Å². The van der Waals surface area contributed by atoms with Gasteiger partial charge in [0, 0.05) is 31.6 Å². The number of allylic oxidation sites excluding steroid dienone is 2. The van der Waals surface area contributed by atoms with Crippen molar-refractivity contribution in [1.29, 1.82) is 0 Å². The minimum atomic E-state index is -1.16. The molecule has 1 amide bonds. The highest BCUT2D eigenvalue weighted by molar-refractivity contribution is 6.39. The largest absolute Gasteiger partial charge is 0.481 e. The average molecular weight is 695 g/mol. The monoisotopic (exact) mass is 694 g/mol. The Morgan fingerprint density at radius 2 is 1.50 bits per heavy atom. The number of esters is 1. The van der Waals surface area contributed by atoms with Crippen LogP contribution in [0.2, 0.25) is 0 Å². The van der Waals surface area contributed by atoms with Crippen molar-refractivity contribution in [1.82, 2.24) is 9.80 Å². The van der Waals surface area contributed by atoms with Gasteiger partial charge in [0.2, 0.25) is 5.78 Å². The maximum Gasteiger partial charge on any atom is 0.309 e. The van der Waals surface area contributed by atoms with E-state index in [0.29, 0.717) is 36.8 Å². The highest BCUT2D eigenvalue weighted by Gasteiger charge is 2.70. The van der Waals surface area contributed by atoms with E-state index in [1.54, 1.807) is 13.8 Å². The van der Waals surface area contributed by atoms with E-state index >= 15 is 0 Å². The summed E-state index contributed by atoms with van der Waals surface area (Å²) in [5.74, 6) is -0.206. The van der Waals surface area contributed by atoms with Gasteiger partial charge in [0.25, 0.3) is 5.91 Å². The second-order valence-corrected chi connectivity index (χ2v) is 19.9. The summed E-state index contributed by atoms with van der Waals surface area (Å²) in [6.07, 6.45) is 9.24. The lowest BCUT2D eigenvalue weighted by atomic mass is 9.33. The van der Waals surface area contributed by atoms with E-state index in [1.807, 2.05) is 4.90 Å². The van der Waals surface area contributed by atoms with E-state index in [4.69, 9.17) is 4.74 Å². The molecule has 0 bridgehead atoms. The summed E-state index contributed by atoms with van der Waals surface area (Å²) in [6.45, 7) is 22.8.